The molecule has 73 heavy (non-hydrogen) atoms. The molecule has 2 heteroatoms. The number of anilines is 3. The molecule has 0 saturated heterocycles. The van der Waals surface area contributed by atoms with Crippen LogP contribution >= 0.6 is 0 Å². The predicted molar refractivity (Wildman–Crippen MR) is 306 cm³/mol. The van der Waals surface area contributed by atoms with Gasteiger partial charge in [-0.1, -0.05) is 218 Å². The smallest absolute Gasteiger partial charge is 0.143 e. The van der Waals surface area contributed by atoms with Crippen molar-refractivity contribution < 1.29 is 4.42 Å². The largest absolute Gasteiger partial charge is 0.455 e. The number of hydrogen-bond acceptors (Lipinski definition) is 2. The summed E-state index contributed by atoms with van der Waals surface area (Å²) in [5.74, 6) is 0. The molecule has 0 saturated carbocycles. The van der Waals surface area contributed by atoms with Gasteiger partial charge in [-0.05, 0) is 141 Å². The minimum Gasteiger partial charge on any atom is -0.455 e. The lowest BCUT2D eigenvalue weighted by atomic mass is 9.70. The normalized spacial score (nSPS) is 13.0. The van der Waals surface area contributed by atoms with Crippen molar-refractivity contribution in [3.8, 4) is 44.5 Å². The van der Waals surface area contributed by atoms with E-state index in [0.29, 0.717) is 0 Å². The van der Waals surface area contributed by atoms with E-state index in [1.54, 1.807) is 0 Å². The highest BCUT2D eigenvalue weighted by atomic mass is 16.3. The number of nitrogens with zero attached hydrogens (tertiary/aromatic N) is 1. The van der Waals surface area contributed by atoms with Crippen molar-refractivity contribution in [2.24, 2.45) is 0 Å². The van der Waals surface area contributed by atoms with Crippen molar-refractivity contribution in [1.82, 2.24) is 0 Å². The Balaban J connectivity index is 0.990. The van der Waals surface area contributed by atoms with Crippen molar-refractivity contribution in [2.45, 2.75) is 5.41 Å². The maximum atomic E-state index is 7.34. The molecule has 2 nitrogen and oxygen atoms in total. The highest BCUT2D eigenvalue weighted by Crippen LogP contribution is 2.63. The van der Waals surface area contributed by atoms with E-state index < -0.39 is 5.41 Å². The summed E-state index contributed by atoms with van der Waals surface area (Å²) in [6.45, 7) is 0. The van der Waals surface area contributed by atoms with Gasteiger partial charge in [0, 0.05) is 22.2 Å². The van der Waals surface area contributed by atoms with Gasteiger partial charge in [0.1, 0.15) is 11.2 Å². The van der Waals surface area contributed by atoms with Crippen LogP contribution in [-0.2, 0) is 5.41 Å². The zero-order valence-electron chi connectivity index (χ0n) is 39.7. The molecule has 1 heterocycles. The van der Waals surface area contributed by atoms with E-state index in [4.69, 9.17) is 4.42 Å². The summed E-state index contributed by atoms with van der Waals surface area (Å²) in [6.07, 6.45) is 0. The molecular formula is C71H43NO. The van der Waals surface area contributed by atoms with Crippen molar-refractivity contribution in [3.05, 3.63) is 283 Å². The van der Waals surface area contributed by atoms with Crippen molar-refractivity contribution in [3.63, 3.8) is 0 Å². The minimum atomic E-state index is -0.501. The lowest BCUT2D eigenvalue weighted by Gasteiger charge is -2.33. The Morgan fingerprint density at radius 1 is 0.301 bits per heavy atom. The number of fused-ring (bicyclic) bond motifs is 20. The van der Waals surface area contributed by atoms with Gasteiger partial charge in [0.2, 0.25) is 0 Å². The third kappa shape index (κ3) is 5.52. The second-order valence-corrected chi connectivity index (χ2v) is 19.8. The lowest BCUT2D eigenvalue weighted by Crippen LogP contribution is -2.26. The molecule has 14 aromatic rings. The van der Waals surface area contributed by atoms with Crippen LogP contribution < -0.4 is 4.90 Å². The molecule has 0 aliphatic heterocycles. The first kappa shape index (κ1) is 40.3. The predicted octanol–water partition coefficient (Wildman–Crippen LogP) is 19.3. The van der Waals surface area contributed by atoms with E-state index in [2.05, 4.69) is 266 Å². The van der Waals surface area contributed by atoms with Crippen LogP contribution in [0.15, 0.2) is 265 Å². The van der Waals surface area contributed by atoms with Crippen molar-refractivity contribution >= 4 is 82.1 Å². The molecule has 0 N–H and O–H groups in total. The maximum absolute atomic E-state index is 7.34. The van der Waals surface area contributed by atoms with E-state index in [-0.39, 0.29) is 0 Å². The Bertz CT molecular complexity index is 4540. The zero-order valence-corrected chi connectivity index (χ0v) is 39.7. The molecule has 0 radical (unpaired) electrons. The highest BCUT2D eigenvalue weighted by molar-refractivity contribution is 6.27. The molecule has 1 aromatic heterocycles. The third-order valence-electron chi connectivity index (χ3n) is 16.2. The van der Waals surface area contributed by atoms with E-state index in [9.17, 15) is 0 Å². The van der Waals surface area contributed by atoms with Crippen LogP contribution in [0.2, 0.25) is 0 Å². The van der Waals surface area contributed by atoms with E-state index >= 15 is 0 Å². The number of para-hydroxylation sites is 1. The second-order valence-electron chi connectivity index (χ2n) is 19.8. The second kappa shape index (κ2) is 15.3. The summed E-state index contributed by atoms with van der Waals surface area (Å²) in [6, 6.07) is 96.5. The average molecular weight is 926 g/mol. The summed E-state index contributed by atoms with van der Waals surface area (Å²) < 4.78 is 7.34. The van der Waals surface area contributed by atoms with Crippen LogP contribution in [0.5, 0.6) is 0 Å². The monoisotopic (exact) mass is 925 g/mol. The number of furan rings is 1. The number of hydrogen-bond donors (Lipinski definition) is 0. The molecule has 0 amide bonds. The SMILES string of the molecule is c1ccc(-c2ccccc2N(c2ccc3c(c2)C2(c4ccccc4-c4ccccc42)c2ccccc2-3)c2cccc3oc4c(-c5ccc6c7ccccc7c7ccccc7c6c5)c5ccccc5cc4c23)cc1. The molecule has 0 fully saturated rings. The fraction of sp³-hybridized carbons (Fsp3) is 0.0141. The quantitative estimate of drug-likeness (QED) is 0.160. The Labute approximate surface area is 422 Å². The van der Waals surface area contributed by atoms with Gasteiger partial charge in [-0.25, -0.2) is 0 Å². The first-order valence-corrected chi connectivity index (χ1v) is 25.3. The summed E-state index contributed by atoms with van der Waals surface area (Å²) >= 11 is 0. The van der Waals surface area contributed by atoms with Gasteiger partial charge in [0.05, 0.1) is 22.2 Å². The molecule has 13 aromatic carbocycles. The average Bonchev–Trinajstić information content (AvgIpc) is 4.12. The summed E-state index contributed by atoms with van der Waals surface area (Å²) in [4.78, 5) is 2.51. The molecule has 0 bridgehead atoms. The van der Waals surface area contributed by atoms with Gasteiger partial charge in [-0.3, -0.25) is 0 Å². The van der Waals surface area contributed by atoms with Crippen LogP contribution in [0, 0.1) is 0 Å². The molecule has 1 spiro atoms. The van der Waals surface area contributed by atoms with E-state index in [1.165, 1.54) is 76.8 Å². The van der Waals surface area contributed by atoms with Crippen LogP contribution in [-0.4, -0.2) is 0 Å². The molecule has 16 rings (SSSR count). The third-order valence-corrected chi connectivity index (χ3v) is 16.2. The maximum Gasteiger partial charge on any atom is 0.143 e. The van der Waals surface area contributed by atoms with Gasteiger partial charge in [0.15, 0.2) is 0 Å². The van der Waals surface area contributed by atoms with E-state index in [1.807, 2.05) is 0 Å². The fourth-order valence-corrected chi connectivity index (χ4v) is 13.3. The molecule has 0 unspecified atom stereocenters. The Morgan fingerprint density at radius 3 is 1.49 bits per heavy atom. The van der Waals surface area contributed by atoms with Crippen molar-refractivity contribution in [2.75, 3.05) is 4.90 Å². The molecule has 0 atom stereocenters. The summed E-state index contributed by atoms with van der Waals surface area (Å²) in [5, 5.41) is 12.0. The van der Waals surface area contributed by atoms with Crippen LogP contribution in [0.1, 0.15) is 22.3 Å². The van der Waals surface area contributed by atoms with Gasteiger partial charge in [0.25, 0.3) is 0 Å². The zero-order chi connectivity index (χ0) is 47.8. The standard InChI is InChI=1S/C71H43NO/c1-2-19-44(20-3-1)48-22-13-17-34-65(48)72(47-38-40-58-57-30-12-16-33-63(57)71(64(58)43-47)61-31-14-10-28-55(61)56-29-11-15-32-62(56)71)66-35-18-36-67-69(66)60-41-45-21-4-5-23-49(45)68(70(60)73-67)46-37-39-54-52-26-7-6-24-50(52)51-25-8-9-27-53(51)59(54)42-46/h1-43H. The Hall–Kier alpha value is -9.50. The highest BCUT2D eigenvalue weighted by Gasteiger charge is 2.51. The fourth-order valence-electron chi connectivity index (χ4n) is 13.3. The lowest BCUT2D eigenvalue weighted by molar-refractivity contribution is 0.670. The molecule has 338 valence electrons. The Kier molecular flexibility index (Phi) is 8.41. The summed E-state index contributed by atoms with van der Waals surface area (Å²) in [7, 11) is 0. The van der Waals surface area contributed by atoms with Crippen LogP contribution in [0.4, 0.5) is 17.1 Å². The number of benzene rings is 13. The number of rotatable bonds is 5. The topological polar surface area (TPSA) is 16.4 Å². The Morgan fingerprint density at radius 2 is 0.822 bits per heavy atom. The first-order chi connectivity index (χ1) is 36.2. The summed E-state index contributed by atoms with van der Waals surface area (Å²) in [5.41, 5.74) is 19.4. The van der Waals surface area contributed by atoms with Gasteiger partial charge in [-0.2, -0.15) is 0 Å². The van der Waals surface area contributed by atoms with Gasteiger partial charge < -0.3 is 9.32 Å². The molecule has 2 aliphatic carbocycles. The molecule has 2 aliphatic rings. The van der Waals surface area contributed by atoms with Gasteiger partial charge >= 0.3 is 0 Å². The van der Waals surface area contributed by atoms with Crippen LogP contribution in [0.3, 0.4) is 0 Å². The van der Waals surface area contributed by atoms with E-state index in [0.717, 1.165) is 72.0 Å². The van der Waals surface area contributed by atoms with Gasteiger partial charge in [-0.15, -0.1) is 0 Å². The van der Waals surface area contributed by atoms with Crippen molar-refractivity contribution in [1.29, 1.82) is 0 Å². The molecular weight excluding hydrogens is 883 g/mol. The minimum absolute atomic E-state index is 0.501. The van der Waals surface area contributed by atoms with Crippen LogP contribution in [0.25, 0.3) is 110 Å². The first-order valence-electron chi connectivity index (χ1n) is 25.3.